The van der Waals surface area contributed by atoms with Gasteiger partial charge in [-0.25, -0.2) is 0 Å². The van der Waals surface area contributed by atoms with Gasteiger partial charge in [-0.1, -0.05) is 109 Å². The maximum absolute atomic E-state index is 2.43. The summed E-state index contributed by atoms with van der Waals surface area (Å²) in [5.74, 6) is 0.915. The van der Waals surface area contributed by atoms with E-state index in [0.29, 0.717) is 0 Å². The van der Waals surface area contributed by atoms with Crippen LogP contribution < -0.4 is 0 Å². The first-order valence-electron chi connectivity index (χ1n) is 10.3. The smallest absolute Gasteiger partial charge is 0.0346 e. The van der Waals surface area contributed by atoms with E-state index in [4.69, 9.17) is 0 Å². The number of unbranched alkanes of at least 4 members (excludes halogenated alkanes) is 11. The van der Waals surface area contributed by atoms with Crippen molar-refractivity contribution in [1.82, 2.24) is 0 Å². The molecule has 0 radical (unpaired) electrons. The molecule has 0 aromatic rings. The molecule has 0 saturated carbocycles. The zero-order valence-electron chi connectivity index (χ0n) is 16.3. The maximum Gasteiger partial charge on any atom is -0.0346 e. The first kappa shape index (κ1) is 21.7. The van der Waals surface area contributed by atoms with E-state index in [-0.39, 0.29) is 0 Å². The van der Waals surface area contributed by atoms with Crippen molar-refractivity contribution in [1.29, 1.82) is 0 Å². The summed E-state index contributed by atoms with van der Waals surface area (Å²) in [6.07, 6.45) is 24.0. The van der Waals surface area contributed by atoms with Crippen molar-refractivity contribution < 1.29 is 0 Å². The molecule has 0 amide bonds. The van der Waals surface area contributed by atoms with Crippen LogP contribution in [-0.4, -0.2) is 0 Å². The van der Waals surface area contributed by atoms with Crippen LogP contribution in [0.3, 0.4) is 0 Å². The molecule has 0 rings (SSSR count). The fourth-order valence-corrected chi connectivity index (χ4v) is 3.13. The Morgan fingerprint density at radius 2 is 1.14 bits per heavy atom. The summed E-state index contributed by atoms with van der Waals surface area (Å²) in [5, 5.41) is 0. The molecule has 0 spiro atoms. The number of allylic oxidation sites excluding steroid dienone is 2. The summed E-state index contributed by atoms with van der Waals surface area (Å²) in [5.41, 5.74) is 1.47. The molecule has 0 aromatic carbocycles. The lowest BCUT2D eigenvalue weighted by Crippen LogP contribution is -1.94. The maximum atomic E-state index is 2.43. The van der Waals surface area contributed by atoms with E-state index in [1.54, 1.807) is 0 Å². The van der Waals surface area contributed by atoms with Crippen molar-refractivity contribution in [3.8, 4) is 0 Å². The predicted octanol–water partition coefficient (Wildman–Crippen LogP) is 8.46. The van der Waals surface area contributed by atoms with Gasteiger partial charge in [0.1, 0.15) is 0 Å². The zero-order valence-corrected chi connectivity index (χ0v) is 16.3. The summed E-state index contributed by atoms with van der Waals surface area (Å²) in [6.45, 7) is 9.13. The standard InChI is InChI=1S/C22H44/c1-5-6-7-8-9-10-11-12-13-14-15-16-19-22(4)20-17-18-21(2)3/h18,22H,5-17,19-20H2,1-4H3. The summed E-state index contributed by atoms with van der Waals surface area (Å²) in [7, 11) is 0. The van der Waals surface area contributed by atoms with Gasteiger partial charge in [-0.2, -0.15) is 0 Å². The first-order valence-corrected chi connectivity index (χ1v) is 10.3. The predicted molar refractivity (Wildman–Crippen MR) is 104 cm³/mol. The highest BCUT2D eigenvalue weighted by molar-refractivity contribution is 4.92. The van der Waals surface area contributed by atoms with E-state index >= 15 is 0 Å². The second kappa shape index (κ2) is 17.1. The highest BCUT2D eigenvalue weighted by Gasteiger charge is 2.01. The van der Waals surface area contributed by atoms with Crippen LogP contribution in [0.25, 0.3) is 0 Å². The lowest BCUT2D eigenvalue weighted by Gasteiger charge is -2.09. The molecule has 0 aliphatic carbocycles. The van der Waals surface area contributed by atoms with Crippen molar-refractivity contribution in [3.63, 3.8) is 0 Å². The minimum absolute atomic E-state index is 0.915. The van der Waals surface area contributed by atoms with Crippen LogP contribution in [0.4, 0.5) is 0 Å². The molecule has 0 aliphatic rings. The molecule has 22 heavy (non-hydrogen) atoms. The molecule has 132 valence electrons. The van der Waals surface area contributed by atoms with Crippen LogP contribution in [0.5, 0.6) is 0 Å². The quantitative estimate of drug-likeness (QED) is 0.198. The van der Waals surface area contributed by atoms with Gasteiger partial charge in [0, 0.05) is 0 Å². The number of hydrogen-bond donors (Lipinski definition) is 0. The van der Waals surface area contributed by atoms with E-state index in [1.807, 2.05) is 0 Å². The van der Waals surface area contributed by atoms with Crippen LogP contribution in [-0.2, 0) is 0 Å². The largest absolute Gasteiger partial charge is 0.0859 e. The number of rotatable bonds is 16. The molecule has 0 heterocycles. The van der Waals surface area contributed by atoms with Gasteiger partial charge in [0.2, 0.25) is 0 Å². The fourth-order valence-electron chi connectivity index (χ4n) is 3.13. The molecule has 0 fully saturated rings. The van der Waals surface area contributed by atoms with Gasteiger partial charge in [0.25, 0.3) is 0 Å². The highest BCUT2D eigenvalue weighted by Crippen LogP contribution is 2.17. The van der Waals surface area contributed by atoms with Crippen LogP contribution in [0.2, 0.25) is 0 Å². The molecule has 0 nitrogen and oxygen atoms in total. The van der Waals surface area contributed by atoms with Crippen molar-refractivity contribution in [3.05, 3.63) is 11.6 Å². The summed E-state index contributed by atoms with van der Waals surface area (Å²) in [4.78, 5) is 0. The fraction of sp³-hybridized carbons (Fsp3) is 0.909. The molecule has 1 unspecified atom stereocenters. The lowest BCUT2D eigenvalue weighted by molar-refractivity contribution is 0.456. The molecule has 0 heteroatoms. The third-order valence-corrected chi connectivity index (χ3v) is 4.76. The van der Waals surface area contributed by atoms with Gasteiger partial charge in [-0.15, -0.1) is 0 Å². The lowest BCUT2D eigenvalue weighted by atomic mass is 9.97. The average Bonchev–Trinajstić information content (AvgIpc) is 2.48. The SMILES string of the molecule is CCCCCCCCCCCCCCC(C)CCC=C(C)C. The van der Waals surface area contributed by atoms with E-state index in [0.717, 1.165) is 5.92 Å². The van der Waals surface area contributed by atoms with Gasteiger partial charge in [0.15, 0.2) is 0 Å². The van der Waals surface area contributed by atoms with Crippen molar-refractivity contribution in [2.75, 3.05) is 0 Å². The van der Waals surface area contributed by atoms with Crippen LogP contribution in [0, 0.1) is 5.92 Å². The van der Waals surface area contributed by atoms with Gasteiger partial charge in [-0.05, 0) is 32.6 Å². The Labute approximate surface area is 142 Å². The Kier molecular flexibility index (Phi) is 16.9. The molecular formula is C22H44. The Bertz CT molecular complexity index is 234. The van der Waals surface area contributed by atoms with E-state index in [9.17, 15) is 0 Å². The third-order valence-electron chi connectivity index (χ3n) is 4.76. The highest BCUT2D eigenvalue weighted by atomic mass is 14.1. The minimum Gasteiger partial charge on any atom is -0.0859 e. The second-order valence-electron chi connectivity index (χ2n) is 7.64. The molecule has 0 aliphatic heterocycles. The minimum atomic E-state index is 0.915. The Hall–Kier alpha value is -0.260. The topological polar surface area (TPSA) is 0 Å². The first-order chi connectivity index (χ1) is 10.7. The van der Waals surface area contributed by atoms with Crippen molar-refractivity contribution in [2.45, 2.75) is 124 Å². The molecular weight excluding hydrogens is 264 g/mol. The van der Waals surface area contributed by atoms with Crippen molar-refractivity contribution in [2.24, 2.45) is 5.92 Å². The van der Waals surface area contributed by atoms with Gasteiger partial charge in [0.05, 0.1) is 0 Å². The molecule has 0 aromatic heterocycles. The Balaban J connectivity index is 3.15. The van der Waals surface area contributed by atoms with Gasteiger partial charge >= 0.3 is 0 Å². The average molecular weight is 309 g/mol. The number of hydrogen-bond acceptors (Lipinski definition) is 0. The van der Waals surface area contributed by atoms with Crippen molar-refractivity contribution >= 4 is 0 Å². The monoisotopic (exact) mass is 308 g/mol. The molecule has 1 atom stereocenters. The Morgan fingerprint density at radius 1 is 0.682 bits per heavy atom. The molecule has 0 bridgehead atoms. The summed E-state index contributed by atoms with van der Waals surface area (Å²) >= 11 is 0. The van der Waals surface area contributed by atoms with Gasteiger partial charge in [-0.3, -0.25) is 0 Å². The van der Waals surface area contributed by atoms with Crippen LogP contribution >= 0.6 is 0 Å². The van der Waals surface area contributed by atoms with Gasteiger partial charge < -0.3 is 0 Å². The second-order valence-corrected chi connectivity index (χ2v) is 7.64. The molecule has 0 saturated heterocycles. The summed E-state index contributed by atoms with van der Waals surface area (Å²) in [6, 6.07) is 0. The molecule has 0 N–H and O–H groups in total. The normalized spacial score (nSPS) is 12.4. The van der Waals surface area contributed by atoms with Crippen LogP contribution in [0.1, 0.15) is 124 Å². The third kappa shape index (κ3) is 17.8. The van der Waals surface area contributed by atoms with E-state index in [2.05, 4.69) is 33.8 Å². The van der Waals surface area contributed by atoms with Crippen LogP contribution in [0.15, 0.2) is 11.6 Å². The summed E-state index contributed by atoms with van der Waals surface area (Å²) < 4.78 is 0. The zero-order chi connectivity index (χ0) is 16.5. The Morgan fingerprint density at radius 3 is 1.59 bits per heavy atom. The van der Waals surface area contributed by atoms with E-state index in [1.165, 1.54) is 102 Å². The van der Waals surface area contributed by atoms with E-state index < -0.39 is 0 Å².